The first-order valence-corrected chi connectivity index (χ1v) is 5.62. The zero-order valence-electron chi connectivity index (χ0n) is 10.3. The van der Waals surface area contributed by atoms with Crippen molar-refractivity contribution < 1.29 is 22.7 Å². The number of hydrogen-bond acceptors (Lipinski definition) is 2. The maximum atomic E-state index is 12.4. The molecule has 1 aromatic carbocycles. The van der Waals surface area contributed by atoms with E-state index in [0.29, 0.717) is 18.4 Å². The van der Waals surface area contributed by atoms with Gasteiger partial charge >= 0.3 is 6.18 Å². The molecular weight excluding hydrogens is 245 g/mol. The lowest BCUT2D eigenvalue weighted by molar-refractivity contribution is -0.137. The molecule has 0 spiro atoms. The third kappa shape index (κ3) is 3.57. The van der Waals surface area contributed by atoms with E-state index in [-0.39, 0.29) is 5.78 Å². The molecule has 0 aliphatic carbocycles. The zero-order valence-corrected chi connectivity index (χ0v) is 10.3. The highest BCUT2D eigenvalue weighted by Gasteiger charge is 2.30. The standard InChI is InChI=1S/C13H15F3O2/c1-3-4-11(17)12(18-2)9-5-7-10(8-6-9)13(14,15)16/h5-8,12H,3-4H2,1-2H3. The predicted octanol–water partition coefficient (Wildman–Crippen LogP) is 3.76. The number of benzene rings is 1. The summed E-state index contributed by atoms with van der Waals surface area (Å²) in [5.41, 5.74) is -0.284. The van der Waals surface area contributed by atoms with Gasteiger partial charge in [0.05, 0.1) is 5.56 Å². The fourth-order valence-electron chi connectivity index (χ4n) is 1.68. The first kappa shape index (κ1) is 14.7. The molecule has 1 rings (SSSR count). The molecule has 5 heteroatoms. The number of hydrogen-bond donors (Lipinski definition) is 0. The molecule has 100 valence electrons. The van der Waals surface area contributed by atoms with E-state index in [4.69, 9.17) is 4.74 Å². The number of halogens is 3. The number of alkyl halides is 3. The predicted molar refractivity (Wildman–Crippen MR) is 61.1 cm³/mol. The van der Waals surface area contributed by atoms with Gasteiger partial charge in [0.15, 0.2) is 5.78 Å². The van der Waals surface area contributed by atoms with Gasteiger partial charge in [0.1, 0.15) is 6.10 Å². The van der Waals surface area contributed by atoms with Crippen LogP contribution in [0.3, 0.4) is 0 Å². The van der Waals surface area contributed by atoms with Crippen molar-refractivity contribution in [3.63, 3.8) is 0 Å². The van der Waals surface area contributed by atoms with Crippen LogP contribution in [0.25, 0.3) is 0 Å². The minimum Gasteiger partial charge on any atom is -0.369 e. The van der Waals surface area contributed by atoms with Gasteiger partial charge in [-0.25, -0.2) is 0 Å². The Morgan fingerprint density at radius 3 is 2.22 bits per heavy atom. The molecule has 0 aliphatic heterocycles. The molecule has 0 saturated heterocycles. The molecule has 0 heterocycles. The number of ether oxygens (including phenoxy) is 1. The highest BCUT2D eigenvalue weighted by molar-refractivity contribution is 5.84. The van der Waals surface area contributed by atoms with E-state index in [9.17, 15) is 18.0 Å². The molecule has 0 amide bonds. The molecule has 0 radical (unpaired) electrons. The van der Waals surface area contributed by atoms with E-state index in [1.165, 1.54) is 19.2 Å². The summed E-state index contributed by atoms with van der Waals surface area (Å²) in [4.78, 5) is 11.7. The Kier molecular flexibility index (Phi) is 4.90. The van der Waals surface area contributed by atoms with Crippen LogP contribution >= 0.6 is 0 Å². The maximum Gasteiger partial charge on any atom is 0.416 e. The van der Waals surface area contributed by atoms with Gasteiger partial charge in [0.2, 0.25) is 0 Å². The summed E-state index contributed by atoms with van der Waals surface area (Å²) in [5, 5.41) is 0. The molecule has 1 atom stereocenters. The smallest absolute Gasteiger partial charge is 0.369 e. The van der Waals surface area contributed by atoms with E-state index >= 15 is 0 Å². The third-order valence-corrected chi connectivity index (χ3v) is 2.57. The first-order chi connectivity index (χ1) is 8.40. The first-order valence-electron chi connectivity index (χ1n) is 5.62. The van der Waals surface area contributed by atoms with Crippen molar-refractivity contribution in [1.29, 1.82) is 0 Å². The van der Waals surface area contributed by atoms with Crippen LogP contribution in [0.4, 0.5) is 13.2 Å². The molecular formula is C13H15F3O2. The Hall–Kier alpha value is -1.36. The molecule has 1 unspecified atom stereocenters. The molecule has 1 aromatic rings. The van der Waals surface area contributed by atoms with Gasteiger partial charge in [-0.15, -0.1) is 0 Å². The van der Waals surface area contributed by atoms with Gasteiger partial charge in [-0.1, -0.05) is 19.1 Å². The van der Waals surface area contributed by atoms with Crippen molar-refractivity contribution in [3.8, 4) is 0 Å². The molecule has 0 aromatic heterocycles. The van der Waals surface area contributed by atoms with Crippen LogP contribution in [-0.2, 0) is 15.7 Å². The molecule has 0 saturated carbocycles. The SMILES string of the molecule is CCCC(=O)C(OC)c1ccc(C(F)(F)F)cc1. The summed E-state index contributed by atoms with van der Waals surface area (Å²) in [6, 6.07) is 4.48. The van der Waals surface area contributed by atoms with Crippen LogP contribution in [-0.4, -0.2) is 12.9 Å². The van der Waals surface area contributed by atoms with Crippen LogP contribution in [0, 0.1) is 0 Å². The van der Waals surface area contributed by atoms with Crippen molar-refractivity contribution in [2.24, 2.45) is 0 Å². The van der Waals surface area contributed by atoms with Crippen molar-refractivity contribution in [1.82, 2.24) is 0 Å². The van der Waals surface area contributed by atoms with Crippen molar-refractivity contribution >= 4 is 5.78 Å². The van der Waals surface area contributed by atoms with E-state index in [1.807, 2.05) is 6.92 Å². The van der Waals surface area contributed by atoms with Crippen LogP contribution in [0.5, 0.6) is 0 Å². The van der Waals surface area contributed by atoms with Gasteiger partial charge in [-0.2, -0.15) is 13.2 Å². The lowest BCUT2D eigenvalue weighted by Crippen LogP contribution is -2.14. The molecule has 2 nitrogen and oxygen atoms in total. The zero-order chi connectivity index (χ0) is 13.8. The minimum absolute atomic E-state index is 0.125. The Morgan fingerprint density at radius 1 is 1.28 bits per heavy atom. The molecule has 0 bridgehead atoms. The topological polar surface area (TPSA) is 26.3 Å². The summed E-state index contributed by atoms with van der Waals surface area (Å²) < 4.78 is 42.2. The fourth-order valence-corrected chi connectivity index (χ4v) is 1.68. The van der Waals surface area contributed by atoms with Crippen molar-refractivity contribution in [3.05, 3.63) is 35.4 Å². The average Bonchev–Trinajstić information content (AvgIpc) is 2.30. The summed E-state index contributed by atoms with van der Waals surface area (Å²) in [6.07, 6.45) is -4.12. The number of Topliss-reactive ketones (excluding diaryl/α,β-unsaturated/α-hetero) is 1. The number of rotatable bonds is 5. The second-order valence-corrected chi connectivity index (χ2v) is 3.95. The van der Waals surface area contributed by atoms with Crippen molar-refractivity contribution in [2.75, 3.05) is 7.11 Å². The van der Waals surface area contributed by atoms with Crippen LogP contribution in [0.1, 0.15) is 37.0 Å². The van der Waals surface area contributed by atoms with Gasteiger partial charge in [0, 0.05) is 13.5 Å². The second-order valence-electron chi connectivity index (χ2n) is 3.95. The molecule has 0 aliphatic rings. The molecule has 0 N–H and O–H groups in total. The quantitative estimate of drug-likeness (QED) is 0.805. The monoisotopic (exact) mass is 260 g/mol. The Morgan fingerprint density at radius 2 is 1.83 bits per heavy atom. The number of carbonyl (C=O) groups excluding carboxylic acids is 1. The van der Waals surface area contributed by atoms with Gasteiger partial charge in [-0.3, -0.25) is 4.79 Å². The van der Waals surface area contributed by atoms with Crippen LogP contribution < -0.4 is 0 Å². The number of ketones is 1. The number of methoxy groups -OCH3 is 1. The largest absolute Gasteiger partial charge is 0.416 e. The fraction of sp³-hybridized carbons (Fsp3) is 0.462. The van der Waals surface area contributed by atoms with Crippen LogP contribution in [0.15, 0.2) is 24.3 Å². The van der Waals surface area contributed by atoms with Gasteiger partial charge < -0.3 is 4.74 Å². The normalized spacial score (nSPS) is 13.4. The maximum absolute atomic E-state index is 12.4. The highest BCUT2D eigenvalue weighted by Crippen LogP contribution is 2.30. The average molecular weight is 260 g/mol. The van der Waals surface area contributed by atoms with Crippen molar-refractivity contribution in [2.45, 2.75) is 32.0 Å². The van der Waals surface area contributed by atoms with E-state index in [2.05, 4.69) is 0 Å². The Balaban J connectivity index is 2.92. The lowest BCUT2D eigenvalue weighted by atomic mass is 10.0. The number of carbonyl (C=O) groups is 1. The molecule has 0 fully saturated rings. The van der Waals surface area contributed by atoms with Crippen LogP contribution in [0.2, 0.25) is 0 Å². The Bertz CT molecular complexity index is 396. The van der Waals surface area contributed by atoms with E-state index < -0.39 is 17.8 Å². The third-order valence-electron chi connectivity index (χ3n) is 2.57. The molecule has 18 heavy (non-hydrogen) atoms. The van der Waals surface area contributed by atoms with Gasteiger partial charge in [-0.05, 0) is 24.1 Å². The highest BCUT2D eigenvalue weighted by atomic mass is 19.4. The lowest BCUT2D eigenvalue weighted by Gasteiger charge is -2.15. The van der Waals surface area contributed by atoms with E-state index in [1.54, 1.807) is 0 Å². The van der Waals surface area contributed by atoms with E-state index in [0.717, 1.165) is 12.1 Å². The summed E-state index contributed by atoms with van der Waals surface area (Å²) in [5.74, 6) is -0.125. The van der Waals surface area contributed by atoms with Gasteiger partial charge in [0.25, 0.3) is 0 Å². The Labute approximate surface area is 104 Å². The summed E-state index contributed by atoms with van der Waals surface area (Å²) in [7, 11) is 1.37. The summed E-state index contributed by atoms with van der Waals surface area (Å²) in [6.45, 7) is 1.86. The summed E-state index contributed by atoms with van der Waals surface area (Å²) >= 11 is 0. The minimum atomic E-state index is -4.37. The second kappa shape index (κ2) is 6.00.